The maximum Gasteiger partial charge on any atom is 0.387 e. The number of halogens is 2. The van der Waals surface area contributed by atoms with Crippen molar-refractivity contribution in [3.8, 4) is 11.5 Å². The molecule has 1 atom stereocenters. The van der Waals surface area contributed by atoms with Crippen molar-refractivity contribution in [2.75, 3.05) is 5.32 Å². The predicted octanol–water partition coefficient (Wildman–Crippen LogP) is 5.14. The second-order valence-electron chi connectivity index (χ2n) is 6.31. The highest BCUT2D eigenvalue weighted by Crippen LogP contribution is 2.36. The average molecular weight is 393 g/mol. The lowest BCUT2D eigenvalue weighted by molar-refractivity contribution is -0.0498. The van der Waals surface area contributed by atoms with E-state index < -0.39 is 12.7 Å². The van der Waals surface area contributed by atoms with Crippen molar-refractivity contribution in [3.63, 3.8) is 0 Å². The van der Waals surface area contributed by atoms with Gasteiger partial charge in [0, 0.05) is 29.0 Å². The van der Waals surface area contributed by atoms with E-state index in [1.807, 2.05) is 30.3 Å². The van der Waals surface area contributed by atoms with Crippen LogP contribution in [0.4, 0.5) is 14.5 Å². The minimum absolute atomic E-state index is 0.0592. The van der Waals surface area contributed by atoms with Gasteiger partial charge in [0.15, 0.2) is 0 Å². The smallest absolute Gasteiger partial charge is 0.387 e. The van der Waals surface area contributed by atoms with Crippen LogP contribution in [0.5, 0.6) is 11.5 Å². The third kappa shape index (κ3) is 4.08. The molecule has 4 rings (SSSR count). The van der Waals surface area contributed by atoms with Crippen molar-refractivity contribution in [2.24, 2.45) is 0 Å². The Bertz CT molecular complexity index is 1110. The molecule has 0 aliphatic carbocycles. The fraction of sp³-hybridized carbons (Fsp3) is 0.0909. The van der Waals surface area contributed by atoms with Crippen LogP contribution in [0.15, 0.2) is 79.1 Å². The van der Waals surface area contributed by atoms with Gasteiger partial charge in [0.05, 0.1) is 11.7 Å². The number of pyridine rings is 2. The summed E-state index contributed by atoms with van der Waals surface area (Å²) in [5.41, 5.74) is 2.44. The molecule has 29 heavy (non-hydrogen) atoms. The molecule has 7 heteroatoms. The molecule has 0 spiro atoms. The molecule has 4 aromatic rings. The number of phenols is 1. The second-order valence-corrected chi connectivity index (χ2v) is 6.31. The van der Waals surface area contributed by atoms with Crippen LogP contribution in [-0.4, -0.2) is 21.7 Å². The van der Waals surface area contributed by atoms with E-state index in [-0.39, 0.29) is 11.5 Å². The monoisotopic (exact) mass is 393 g/mol. The van der Waals surface area contributed by atoms with Crippen LogP contribution in [0.2, 0.25) is 0 Å². The molecule has 0 saturated heterocycles. The van der Waals surface area contributed by atoms with Crippen LogP contribution in [0.3, 0.4) is 0 Å². The van der Waals surface area contributed by atoms with Crippen molar-refractivity contribution >= 4 is 16.6 Å². The van der Waals surface area contributed by atoms with Gasteiger partial charge >= 0.3 is 6.61 Å². The standard InChI is InChI=1S/C22H17F2N3O2/c23-22(24)29-16-9-7-15(8-10-16)27-20(18-5-1-2-12-25-18)17-11-6-14-4-3-13-26-19(14)21(17)28/h1-13,20,22,27-28H/t20-/m0/s1. The van der Waals surface area contributed by atoms with Crippen molar-refractivity contribution in [3.05, 3.63) is 90.4 Å². The van der Waals surface area contributed by atoms with Gasteiger partial charge in [-0.15, -0.1) is 0 Å². The molecular weight excluding hydrogens is 376 g/mol. The Morgan fingerprint density at radius 3 is 2.38 bits per heavy atom. The molecule has 0 aliphatic rings. The lowest BCUT2D eigenvalue weighted by atomic mass is 9.99. The van der Waals surface area contributed by atoms with Crippen LogP contribution >= 0.6 is 0 Å². The van der Waals surface area contributed by atoms with Crippen LogP contribution in [-0.2, 0) is 0 Å². The zero-order valence-corrected chi connectivity index (χ0v) is 15.2. The summed E-state index contributed by atoms with van der Waals surface area (Å²) in [7, 11) is 0. The number of anilines is 1. The maximum atomic E-state index is 12.4. The molecular formula is C22H17F2N3O2. The summed E-state index contributed by atoms with van der Waals surface area (Å²) < 4.78 is 29.1. The van der Waals surface area contributed by atoms with Crippen molar-refractivity contribution < 1.29 is 18.6 Å². The number of hydrogen-bond donors (Lipinski definition) is 2. The number of ether oxygens (including phenoxy) is 1. The van der Waals surface area contributed by atoms with Gasteiger partial charge in [0.25, 0.3) is 0 Å². The number of nitrogens with zero attached hydrogens (tertiary/aromatic N) is 2. The largest absolute Gasteiger partial charge is 0.505 e. The molecule has 2 aromatic heterocycles. The van der Waals surface area contributed by atoms with E-state index in [1.165, 1.54) is 12.1 Å². The van der Waals surface area contributed by atoms with Crippen molar-refractivity contribution in [1.82, 2.24) is 9.97 Å². The highest BCUT2D eigenvalue weighted by Gasteiger charge is 2.21. The normalized spacial score (nSPS) is 12.1. The lowest BCUT2D eigenvalue weighted by Gasteiger charge is -2.21. The van der Waals surface area contributed by atoms with Gasteiger partial charge in [-0.1, -0.05) is 24.3 Å². The zero-order chi connectivity index (χ0) is 20.2. The Morgan fingerprint density at radius 2 is 1.66 bits per heavy atom. The van der Waals surface area contributed by atoms with Crippen molar-refractivity contribution in [1.29, 1.82) is 0 Å². The highest BCUT2D eigenvalue weighted by atomic mass is 19.3. The van der Waals surface area contributed by atoms with E-state index in [4.69, 9.17) is 0 Å². The number of alkyl halides is 2. The van der Waals surface area contributed by atoms with Gasteiger partial charge in [0.2, 0.25) is 0 Å². The molecule has 0 bridgehead atoms. The fourth-order valence-corrected chi connectivity index (χ4v) is 3.14. The predicted molar refractivity (Wildman–Crippen MR) is 106 cm³/mol. The van der Waals surface area contributed by atoms with Gasteiger partial charge in [-0.2, -0.15) is 8.78 Å². The summed E-state index contributed by atoms with van der Waals surface area (Å²) in [6.45, 7) is -2.88. The van der Waals surface area contributed by atoms with E-state index in [0.29, 0.717) is 22.5 Å². The molecule has 5 nitrogen and oxygen atoms in total. The van der Waals surface area contributed by atoms with E-state index in [0.717, 1.165) is 5.39 Å². The molecule has 0 saturated carbocycles. The Hall–Kier alpha value is -3.74. The minimum atomic E-state index is -2.88. The Kier molecular flexibility index (Phi) is 5.20. The molecule has 0 amide bonds. The van der Waals surface area contributed by atoms with E-state index >= 15 is 0 Å². The summed E-state index contributed by atoms with van der Waals surface area (Å²) in [6, 6.07) is 18.6. The first-order valence-electron chi connectivity index (χ1n) is 8.91. The number of phenolic OH excluding ortho intramolecular Hbond substituents is 1. The van der Waals surface area contributed by atoms with Crippen LogP contribution in [0.1, 0.15) is 17.3 Å². The first-order chi connectivity index (χ1) is 14.1. The van der Waals surface area contributed by atoms with E-state index in [1.54, 1.807) is 36.7 Å². The summed E-state index contributed by atoms with van der Waals surface area (Å²) >= 11 is 0. The number of nitrogens with one attached hydrogen (secondary N) is 1. The summed E-state index contributed by atoms with van der Waals surface area (Å²) in [5, 5.41) is 15.0. The summed E-state index contributed by atoms with van der Waals surface area (Å²) in [5.74, 6) is 0.126. The van der Waals surface area contributed by atoms with Gasteiger partial charge in [-0.3, -0.25) is 9.97 Å². The fourth-order valence-electron chi connectivity index (χ4n) is 3.14. The molecule has 2 aromatic carbocycles. The molecule has 0 aliphatic heterocycles. The SMILES string of the molecule is Oc1c([C@H](Nc2ccc(OC(F)F)cc2)c2ccccn2)ccc2cccnc12. The van der Waals surface area contributed by atoms with Gasteiger partial charge in [-0.05, 0) is 42.5 Å². The Morgan fingerprint density at radius 1 is 0.862 bits per heavy atom. The van der Waals surface area contributed by atoms with E-state index in [9.17, 15) is 13.9 Å². The molecule has 0 radical (unpaired) electrons. The van der Waals surface area contributed by atoms with Gasteiger partial charge in [0.1, 0.15) is 17.0 Å². The first kappa shape index (κ1) is 18.6. The maximum absolute atomic E-state index is 12.4. The van der Waals surface area contributed by atoms with Gasteiger partial charge < -0.3 is 15.2 Å². The van der Waals surface area contributed by atoms with Crippen LogP contribution in [0.25, 0.3) is 10.9 Å². The third-order valence-corrected chi connectivity index (χ3v) is 4.46. The van der Waals surface area contributed by atoms with Gasteiger partial charge in [-0.25, -0.2) is 0 Å². The minimum Gasteiger partial charge on any atom is -0.505 e. The molecule has 2 N–H and O–H groups in total. The highest BCUT2D eigenvalue weighted by molar-refractivity contribution is 5.85. The molecule has 0 unspecified atom stereocenters. The number of aromatic nitrogens is 2. The number of benzene rings is 2. The molecule has 0 fully saturated rings. The summed E-state index contributed by atoms with van der Waals surface area (Å²) in [6.07, 6.45) is 3.29. The van der Waals surface area contributed by atoms with Crippen LogP contribution < -0.4 is 10.1 Å². The molecule has 146 valence electrons. The van der Waals surface area contributed by atoms with Crippen molar-refractivity contribution in [2.45, 2.75) is 12.7 Å². The first-order valence-corrected chi connectivity index (χ1v) is 8.91. The number of fused-ring (bicyclic) bond motifs is 1. The summed E-state index contributed by atoms with van der Waals surface area (Å²) in [4.78, 5) is 8.69. The zero-order valence-electron chi connectivity index (χ0n) is 15.2. The quantitative estimate of drug-likeness (QED) is 0.475. The molecule has 2 heterocycles. The third-order valence-electron chi connectivity index (χ3n) is 4.46. The topological polar surface area (TPSA) is 67.3 Å². The number of hydrogen-bond acceptors (Lipinski definition) is 5. The van der Waals surface area contributed by atoms with Crippen LogP contribution in [0, 0.1) is 0 Å². The lowest BCUT2D eigenvalue weighted by Crippen LogP contribution is -2.14. The Labute approximate surface area is 165 Å². The number of rotatable bonds is 6. The second kappa shape index (κ2) is 8.10. The number of aromatic hydroxyl groups is 1. The Balaban J connectivity index is 1.73. The average Bonchev–Trinajstić information content (AvgIpc) is 2.74. The van der Waals surface area contributed by atoms with E-state index in [2.05, 4.69) is 20.0 Å².